The van der Waals surface area contributed by atoms with Gasteiger partial charge < -0.3 is 10.6 Å². The van der Waals surface area contributed by atoms with Crippen LogP contribution in [0, 0.1) is 5.92 Å². The third kappa shape index (κ3) is 2.89. The van der Waals surface area contributed by atoms with Gasteiger partial charge in [0.1, 0.15) is 0 Å². The van der Waals surface area contributed by atoms with Crippen LogP contribution in [0.3, 0.4) is 0 Å². The molecule has 1 aliphatic rings. The van der Waals surface area contributed by atoms with Crippen molar-refractivity contribution in [2.75, 3.05) is 25.9 Å². The molecule has 0 aromatic carbocycles. The average molecular weight is 216 g/mol. The van der Waals surface area contributed by atoms with Crippen LogP contribution in [-0.2, 0) is 4.79 Å². The molecule has 0 radical (unpaired) electrons. The van der Waals surface area contributed by atoms with Crippen LogP contribution < -0.4 is 5.73 Å². The molecule has 14 heavy (non-hydrogen) atoms. The SMILES string of the molecule is CSC(C)(C)CN1CC(CN)CC1=O. The first-order chi connectivity index (χ1) is 6.48. The number of hydrogen-bond acceptors (Lipinski definition) is 3. The van der Waals surface area contributed by atoms with E-state index in [-0.39, 0.29) is 10.7 Å². The van der Waals surface area contributed by atoms with Crippen LogP contribution in [0.25, 0.3) is 0 Å². The highest BCUT2D eigenvalue weighted by Gasteiger charge is 2.32. The fraction of sp³-hybridized carbons (Fsp3) is 0.900. The summed E-state index contributed by atoms with van der Waals surface area (Å²) >= 11 is 1.80. The zero-order valence-electron chi connectivity index (χ0n) is 9.25. The lowest BCUT2D eigenvalue weighted by Crippen LogP contribution is -2.37. The van der Waals surface area contributed by atoms with Crippen molar-refractivity contribution in [3.63, 3.8) is 0 Å². The molecule has 3 nitrogen and oxygen atoms in total. The smallest absolute Gasteiger partial charge is 0.223 e. The average Bonchev–Trinajstić information content (AvgIpc) is 2.47. The fourth-order valence-corrected chi connectivity index (χ4v) is 1.97. The number of likely N-dealkylation sites (tertiary alicyclic amines) is 1. The number of nitrogens with zero attached hydrogens (tertiary/aromatic N) is 1. The van der Waals surface area contributed by atoms with E-state index in [0.29, 0.717) is 18.9 Å². The summed E-state index contributed by atoms with van der Waals surface area (Å²) in [7, 11) is 0. The zero-order chi connectivity index (χ0) is 10.8. The number of thioether (sulfide) groups is 1. The predicted molar refractivity (Wildman–Crippen MR) is 61.3 cm³/mol. The van der Waals surface area contributed by atoms with Gasteiger partial charge in [-0.2, -0.15) is 11.8 Å². The van der Waals surface area contributed by atoms with E-state index in [1.807, 2.05) is 4.90 Å². The van der Waals surface area contributed by atoms with Crippen LogP contribution in [0.15, 0.2) is 0 Å². The minimum absolute atomic E-state index is 0.152. The van der Waals surface area contributed by atoms with Crippen LogP contribution in [0.5, 0.6) is 0 Å². The Bertz CT molecular complexity index is 218. The Labute approximate surface area is 90.4 Å². The molecule has 1 heterocycles. The summed E-state index contributed by atoms with van der Waals surface area (Å²) in [4.78, 5) is 13.6. The Kier molecular flexibility index (Phi) is 3.84. The third-order valence-electron chi connectivity index (χ3n) is 2.75. The van der Waals surface area contributed by atoms with E-state index in [2.05, 4.69) is 20.1 Å². The summed E-state index contributed by atoms with van der Waals surface area (Å²) in [5.41, 5.74) is 5.57. The number of rotatable bonds is 4. The van der Waals surface area contributed by atoms with Gasteiger partial charge in [-0.15, -0.1) is 0 Å². The molecule has 82 valence electrons. The molecule has 0 aromatic heterocycles. The zero-order valence-corrected chi connectivity index (χ0v) is 10.1. The van der Waals surface area contributed by atoms with E-state index in [9.17, 15) is 4.79 Å². The van der Waals surface area contributed by atoms with Crippen LogP contribution in [-0.4, -0.2) is 41.4 Å². The molecule has 0 aliphatic carbocycles. The van der Waals surface area contributed by atoms with Crippen molar-refractivity contribution in [2.24, 2.45) is 11.7 Å². The Hall–Kier alpha value is -0.220. The first-order valence-electron chi connectivity index (χ1n) is 5.01. The molecule has 4 heteroatoms. The topological polar surface area (TPSA) is 46.3 Å². The highest BCUT2D eigenvalue weighted by atomic mass is 32.2. The summed E-state index contributed by atoms with van der Waals surface area (Å²) in [6, 6.07) is 0. The Balaban J connectivity index is 2.50. The van der Waals surface area contributed by atoms with Gasteiger partial charge in [-0.3, -0.25) is 4.79 Å². The van der Waals surface area contributed by atoms with Gasteiger partial charge in [0.2, 0.25) is 5.91 Å². The summed E-state index contributed by atoms with van der Waals surface area (Å²) < 4.78 is 0.152. The lowest BCUT2D eigenvalue weighted by molar-refractivity contribution is -0.128. The number of carbonyl (C=O) groups is 1. The van der Waals surface area contributed by atoms with E-state index in [1.54, 1.807) is 11.8 Å². The van der Waals surface area contributed by atoms with Gasteiger partial charge in [-0.25, -0.2) is 0 Å². The molecule has 0 bridgehead atoms. The molecule has 2 N–H and O–H groups in total. The quantitative estimate of drug-likeness (QED) is 0.760. The summed E-state index contributed by atoms with van der Waals surface area (Å²) in [5.74, 6) is 0.641. The minimum Gasteiger partial charge on any atom is -0.341 e. The lowest BCUT2D eigenvalue weighted by Gasteiger charge is -2.28. The van der Waals surface area contributed by atoms with Gasteiger partial charge in [0.15, 0.2) is 0 Å². The van der Waals surface area contributed by atoms with Crippen LogP contribution >= 0.6 is 11.8 Å². The second-order valence-corrected chi connectivity index (χ2v) is 6.06. The second-order valence-electron chi connectivity index (χ2n) is 4.54. The summed E-state index contributed by atoms with van der Waals surface area (Å²) in [6.07, 6.45) is 2.72. The van der Waals surface area contributed by atoms with Crippen molar-refractivity contribution in [1.82, 2.24) is 4.90 Å². The molecule has 1 fully saturated rings. The molecule has 1 atom stereocenters. The molecule has 1 rings (SSSR count). The Morgan fingerprint density at radius 3 is 2.71 bits per heavy atom. The first kappa shape index (κ1) is 11.9. The molecule has 1 saturated heterocycles. The molecular weight excluding hydrogens is 196 g/mol. The van der Waals surface area contributed by atoms with E-state index in [4.69, 9.17) is 5.73 Å². The maximum Gasteiger partial charge on any atom is 0.223 e. The lowest BCUT2D eigenvalue weighted by atomic mass is 10.1. The number of hydrogen-bond donors (Lipinski definition) is 1. The molecular formula is C10H20N2OS. The fourth-order valence-electron chi connectivity index (χ4n) is 1.69. The van der Waals surface area contributed by atoms with Crippen LogP contribution in [0.1, 0.15) is 20.3 Å². The highest BCUT2D eigenvalue weighted by molar-refractivity contribution is 7.99. The monoisotopic (exact) mass is 216 g/mol. The van der Waals surface area contributed by atoms with Gasteiger partial charge in [0.25, 0.3) is 0 Å². The van der Waals surface area contributed by atoms with Gasteiger partial charge >= 0.3 is 0 Å². The first-order valence-corrected chi connectivity index (χ1v) is 6.24. The van der Waals surface area contributed by atoms with Crippen LogP contribution in [0.4, 0.5) is 0 Å². The van der Waals surface area contributed by atoms with E-state index in [0.717, 1.165) is 13.1 Å². The molecule has 0 aromatic rings. The van der Waals surface area contributed by atoms with Crippen molar-refractivity contribution >= 4 is 17.7 Å². The van der Waals surface area contributed by atoms with E-state index >= 15 is 0 Å². The summed E-state index contributed by atoms with van der Waals surface area (Å²) in [5, 5.41) is 0. The normalized spacial score (nSPS) is 23.3. The van der Waals surface area contributed by atoms with Crippen molar-refractivity contribution in [3.8, 4) is 0 Å². The predicted octanol–water partition coefficient (Wildman–Crippen LogP) is 0.935. The maximum absolute atomic E-state index is 11.6. The molecule has 0 saturated carbocycles. The van der Waals surface area contributed by atoms with Gasteiger partial charge in [0, 0.05) is 24.3 Å². The Morgan fingerprint density at radius 1 is 1.64 bits per heavy atom. The standard InChI is InChI=1S/C10H20N2OS/c1-10(2,14-3)7-12-6-8(5-11)4-9(12)13/h8H,4-7,11H2,1-3H3. The molecule has 0 spiro atoms. The molecule has 1 amide bonds. The number of amides is 1. The van der Waals surface area contributed by atoms with Crippen molar-refractivity contribution in [3.05, 3.63) is 0 Å². The third-order valence-corrected chi connectivity index (χ3v) is 3.99. The highest BCUT2D eigenvalue weighted by Crippen LogP contribution is 2.26. The van der Waals surface area contributed by atoms with Crippen molar-refractivity contribution in [2.45, 2.75) is 25.0 Å². The van der Waals surface area contributed by atoms with E-state index < -0.39 is 0 Å². The van der Waals surface area contributed by atoms with Gasteiger partial charge in [-0.05, 0) is 32.6 Å². The van der Waals surface area contributed by atoms with Crippen molar-refractivity contribution in [1.29, 1.82) is 0 Å². The number of carbonyl (C=O) groups excluding carboxylic acids is 1. The van der Waals surface area contributed by atoms with Crippen LogP contribution in [0.2, 0.25) is 0 Å². The Morgan fingerprint density at radius 2 is 2.29 bits per heavy atom. The summed E-state index contributed by atoms with van der Waals surface area (Å²) in [6.45, 7) is 6.65. The van der Waals surface area contributed by atoms with E-state index in [1.165, 1.54) is 0 Å². The maximum atomic E-state index is 11.6. The number of nitrogens with two attached hydrogens (primary N) is 1. The van der Waals surface area contributed by atoms with Gasteiger partial charge in [0.05, 0.1) is 0 Å². The van der Waals surface area contributed by atoms with Crippen molar-refractivity contribution < 1.29 is 4.79 Å². The molecule has 1 unspecified atom stereocenters. The van der Waals surface area contributed by atoms with Gasteiger partial charge in [-0.1, -0.05) is 0 Å². The minimum atomic E-state index is 0.152. The second kappa shape index (κ2) is 4.53. The largest absolute Gasteiger partial charge is 0.341 e. The molecule has 1 aliphatic heterocycles.